The first-order valence-corrected chi connectivity index (χ1v) is 6.92. The van der Waals surface area contributed by atoms with Crippen LogP contribution < -0.4 is 4.74 Å². The van der Waals surface area contributed by atoms with E-state index in [1.165, 1.54) is 0 Å². The van der Waals surface area contributed by atoms with Gasteiger partial charge in [0.15, 0.2) is 5.69 Å². The molecule has 0 atom stereocenters. The van der Waals surface area contributed by atoms with E-state index in [-0.39, 0.29) is 5.91 Å². The molecule has 0 N–H and O–H groups in total. The summed E-state index contributed by atoms with van der Waals surface area (Å²) in [6, 6.07) is 7.81. The van der Waals surface area contributed by atoms with E-state index >= 15 is 0 Å². The van der Waals surface area contributed by atoms with E-state index in [2.05, 4.69) is 4.98 Å². The van der Waals surface area contributed by atoms with Crippen molar-refractivity contribution in [1.82, 2.24) is 14.5 Å². The minimum absolute atomic E-state index is 0.0271. The highest BCUT2D eigenvalue weighted by molar-refractivity contribution is 5.94. The Hall–Kier alpha value is -2.30. The summed E-state index contributed by atoms with van der Waals surface area (Å²) >= 11 is 0. The SMILES string of the molecule is O=C(c1ncn2c1COc1ccccc1-2)N1CCCC1. The van der Waals surface area contributed by atoms with E-state index in [0.717, 1.165) is 43.1 Å². The van der Waals surface area contributed by atoms with Crippen molar-refractivity contribution in [3.63, 3.8) is 0 Å². The molecule has 2 aliphatic heterocycles. The van der Waals surface area contributed by atoms with Gasteiger partial charge in [-0.2, -0.15) is 0 Å². The molecule has 20 heavy (non-hydrogen) atoms. The number of imidazole rings is 1. The molecule has 1 fully saturated rings. The van der Waals surface area contributed by atoms with Gasteiger partial charge in [-0.05, 0) is 25.0 Å². The Labute approximate surface area is 116 Å². The Morgan fingerprint density at radius 1 is 1.20 bits per heavy atom. The summed E-state index contributed by atoms with van der Waals surface area (Å²) in [5, 5.41) is 0. The highest BCUT2D eigenvalue weighted by atomic mass is 16.5. The molecule has 1 aromatic carbocycles. The highest BCUT2D eigenvalue weighted by Gasteiger charge is 2.28. The highest BCUT2D eigenvalue weighted by Crippen LogP contribution is 2.31. The number of amides is 1. The molecule has 4 rings (SSSR count). The second-order valence-corrected chi connectivity index (χ2v) is 5.17. The lowest BCUT2D eigenvalue weighted by molar-refractivity contribution is 0.0784. The summed E-state index contributed by atoms with van der Waals surface area (Å²) in [5.41, 5.74) is 2.32. The third-order valence-corrected chi connectivity index (χ3v) is 3.95. The topological polar surface area (TPSA) is 47.4 Å². The summed E-state index contributed by atoms with van der Waals surface area (Å²) in [7, 11) is 0. The Bertz CT molecular complexity index is 672. The number of benzene rings is 1. The number of fused-ring (bicyclic) bond motifs is 3. The molecular weight excluding hydrogens is 254 g/mol. The Morgan fingerprint density at radius 2 is 2.00 bits per heavy atom. The fourth-order valence-corrected chi connectivity index (χ4v) is 2.89. The second kappa shape index (κ2) is 4.37. The van der Waals surface area contributed by atoms with Crippen LogP contribution in [-0.4, -0.2) is 33.4 Å². The van der Waals surface area contributed by atoms with Crippen molar-refractivity contribution in [2.75, 3.05) is 13.1 Å². The zero-order chi connectivity index (χ0) is 13.5. The molecule has 1 saturated heterocycles. The van der Waals surface area contributed by atoms with Crippen LogP contribution in [0.5, 0.6) is 5.75 Å². The number of likely N-dealkylation sites (tertiary alicyclic amines) is 1. The van der Waals surface area contributed by atoms with E-state index in [0.29, 0.717) is 12.3 Å². The van der Waals surface area contributed by atoms with Gasteiger partial charge < -0.3 is 9.64 Å². The summed E-state index contributed by atoms with van der Waals surface area (Å²) in [6.45, 7) is 2.07. The minimum atomic E-state index is 0.0271. The molecule has 0 spiro atoms. The normalized spacial score (nSPS) is 16.5. The number of hydrogen-bond donors (Lipinski definition) is 0. The second-order valence-electron chi connectivity index (χ2n) is 5.17. The van der Waals surface area contributed by atoms with Crippen molar-refractivity contribution in [3.05, 3.63) is 42.0 Å². The van der Waals surface area contributed by atoms with Crippen LogP contribution in [0.3, 0.4) is 0 Å². The number of para-hydroxylation sites is 2. The van der Waals surface area contributed by atoms with Crippen LogP contribution in [0.25, 0.3) is 5.69 Å². The summed E-state index contributed by atoms with van der Waals surface area (Å²) in [6.07, 6.45) is 3.89. The fourth-order valence-electron chi connectivity index (χ4n) is 2.89. The number of hydrogen-bond acceptors (Lipinski definition) is 3. The number of rotatable bonds is 1. The molecule has 102 valence electrons. The number of aromatic nitrogens is 2. The third-order valence-electron chi connectivity index (χ3n) is 3.95. The van der Waals surface area contributed by atoms with Gasteiger partial charge in [0.05, 0.1) is 11.4 Å². The van der Waals surface area contributed by atoms with Gasteiger partial charge in [0.2, 0.25) is 0 Å². The van der Waals surface area contributed by atoms with Crippen LogP contribution >= 0.6 is 0 Å². The van der Waals surface area contributed by atoms with Crippen molar-refractivity contribution in [1.29, 1.82) is 0 Å². The Balaban J connectivity index is 1.75. The van der Waals surface area contributed by atoms with Crippen molar-refractivity contribution in [2.24, 2.45) is 0 Å². The molecule has 0 unspecified atom stereocenters. The summed E-state index contributed by atoms with van der Waals surface area (Å²) in [4.78, 5) is 18.7. The van der Waals surface area contributed by atoms with Crippen molar-refractivity contribution < 1.29 is 9.53 Å². The van der Waals surface area contributed by atoms with E-state index < -0.39 is 0 Å². The van der Waals surface area contributed by atoms with Crippen molar-refractivity contribution >= 4 is 5.91 Å². The van der Waals surface area contributed by atoms with E-state index in [1.54, 1.807) is 6.33 Å². The molecule has 1 amide bonds. The lowest BCUT2D eigenvalue weighted by Crippen LogP contribution is -2.29. The molecule has 0 saturated carbocycles. The zero-order valence-corrected chi connectivity index (χ0v) is 11.1. The quantitative estimate of drug-likeness (QED) is 0.795. The van der Waals surface area contributed by atoms with E-state index in [4.69, 9.17) is 4.74 Å². The van der Waals surface area contributed by atoms with Crippen molar-refractivity contribution in [2.45, 2.75) is 19.4 Å². The van der Waals surface area contributed by atoms with Gasteiger partial charge >= 0.3 is 0 Å². The lowest BCUT2D eigenvalue weighted by Gasteiger charge is -2.21. The molecule has 5 nitrogen and oxygen atoms in total. The molecule has 1 aromatic heterocycles. The standard InChI is InChI=1S/C15H15N3O2/c19-15(17-7-3-4-8-17)14-12-9-20-13-6-2-1-5-11(13)18(12)10-16-14/h1-2,5-6,10H,3-4,7-9H2. The zero-order valence-electron chi connectivity index (χ0n) is 11.1. The maximum Gasteiger partial charge on any atom is 0.274 e. The molecule has 0 aliphatic carbocycles. The number of carbonyl (C=O) groups is 1. The van der Waals surface area contributed by atoms with Crippen LogP contribution in [0.15, 0.2) is 30.6 Å². The smallest absolute Gasteiger partial charge is 0.274 e. The van der Waals surface area contributed by atoms with Crippen LogP contribution in [-0.2, 0) is 6.61 Å². The molecule has 5 heteroatoms. The Morgan fingerprint density at radius 3 is 2.85 bits per heavy atom. The molecule has 2 aromatic rings. The average molecular weight is 269 g/mol. The molecular formula is C15H15N3O2. The van der Waals surface area contributed by atoms with Gasteiger partial charge in [-0.1, -0.05) is 12.1 Å². The average Bonchev–Trinajstić information content (AvgIpc) is 3.16. The van der Waals surface area contributed by atoms with Crippen LogP contribution in [0.2, 0.25) is 0 Å². The van der Waals surface area contributed by atoms with Crippen LogP contribution in [0, 0.1) is 0 Å². The molecule has 0 radical (unpaired) electrons. The van der Waals surface area contributed by atoms with Crippen LogP contribution in [0.1, 0.15) is 29.0 Å². The van der Waals surface area contributed by atoms with Gasteiger partial charge in [-0.15, -0.1) is 0 Å². The first-order chi connectivity index (χ1) is 9.84. The van der Waals surface area contributed by atoms with E-state index in [9.17, 15) is 4.79 Å². The number of ether oxygens (including phenoxy) is 1. The largest absolute Gasteiger partial charge is 0.485 e. The van der Waals surface area contributed by atoms with Crippen molar-refractivity contribution in [3.8, 4) is 11.4 Å². The van der Waals surface area contributed by atoms with Crippen LogP contribution in [0.4, 0.5) is 0 Å². The molecule has 2 aliphatic rings. The first-order valence-electron chi connectivity index (χ1n) is 6.92. The lowest BCUT2D eigenvalue weighted by atomic mass is 10.2. The summed E-state index contributed by atoms with van der Waals surface area (Å²) in [5.74, 6) is 0.858. The minimum Gasteiger partial charge on any atom is -0.485 e. The number of carbonyl (C=O) groups excluding carboxylic acids is 1. The predicted molar refractivity (Wildman–Crippen MR) is 73.0 cm³/mol. The first kappa shape index (κ1) is 11.5. The van der Waals surface area contributed by atoms with Gasteiger partial charge in [0, 0.05) is 13.1 Å². The third kappa shape index (κ3) is 1.62. The monoisotopic (exact) mass is 269 g/mol. The van der Waals surface area contributed by atoms with E-state index in [1.807, 2.05) is 33.7 Å². The van der Waals surface area contributed by atoms with Gasteiger partial charge in [0.25, 0.3) is 5.91 Å². The van der Waals surface area contributed by atoms with Gasteiger partial charge in [0.1, 0.15) is 18.7 Å². The van der Waals surface area contributed by atoms with Gasteiger partial charge in [-0.3, -0.25) is 9.36 Å². The maximum absolute atomic E-state index is 12.5. The van der Waals surface area contributed by atoms with Gasteiger partial charge in [-0.25, -0.2) is 4.98 Å². The molecule has 3 heterocycles. The molecule has 0 bridgehead atoms. The summed E-state index contributed by atoms with van der Waals surface area (Å²) < 4.78 is 7.69. The maximum atomic E-state index is 12.5. The number of nitrogens with zero attached hydrogens (tertiary/aromatic N) is 3. The fraction of sp³-hybridized carbons (Fsp3) is 0.333. The Kier molecular flexibility index (Phi) is 2.52. The predicted octanol–water partition coefficient (Wildman–Crippen LogP) is 2.00.